The van der Waals surface area contributed by atoms with Crippen molar-refractivity contribution in [2.24, 2.45) is 5.73 Å². The van der Waals surface area contributed by atoms with Gasteiger partial charge in [0.05, 0.1) is 0 Å². The second kappa shape index (κ2) is 6.09. The fourth-order valence-electron chi connectivity index (χ4n) is 2.63. The maximum absolute atomic E-state index is 5.69. The summed E-state index contributed by atoms with van der Waals surface area (Å²) in [7, 11) is 0. The molecule has 3 nitrogen and oxygen atoms in total. The lowest BCUT2D eigenvalue weighted by atomic mass is 10.1. The molecule has 0 saturated heterocycles. The van der Waals surface area contributed by atoms with Crippen LogP contribution in [-0.2, 0) is 0 Å². The molecule has 1 aromatic rings. The molecule has 0 aliphatic heterocycles. The molecule has 3 N–H and O–H groups in total. The normalized spacial score (nSPS) is 17.4. The minimum Gasteiger partial charge on any atom is -0.389 e. The average molecular weight is 295 g/mol. The molecule has 2 rings (SSSR count). The number of hydrogen-bond donors (Lipinski definition) is 2. The molecule has 1 heterocycles. The zero-order valence-electron chi connectivity index (χ0n) is 11.5. The van der Waals surface area contributed by atoms with Crippen molar-refractivity contribution in [3.05, 3.63) is 23.4 Å². The zero-order valence-corrected chi connectivity index (χ0v) is 13.2. The summed E-state index contributed by atoms with van der Waals surface area (Å²) in [6.07, 6.45) is 7.45. The minimum atomic E-state index is 0.370. The molecule has 104 valence electrons. The second-order valence-electron chi connectivity index (χ2n) is 5.19. The van der Waals surface area contributed by atoms with Gasteiger partial charge in [0.25, 0.3) is 0 Å². The van der Waals surface area contributed by atoms with E-state index in [-0.39, 0.29) is 0 Å². The first-order chi connectivity index (χ1) is 9.04. The van der Waals surface area contributed by atoms with Crippen LogP contribution in [0.15, 0.2) is 12.1 Å². The van der Waals surface area contributed by atoms with E-state index in [1.54, 1.807) is 0 Å². The molecule has 1 saturated carbocycles. The summed E-state index contributed by atoms with van der Waals surface area (Å²) >= 11 is 7.01. The number of nitrogens with two attached hydrogens (primary N) is 1. The van der Waals surface area contributed by atoms with Gasteiger partial charge in [0, 0.05) is 22.5 Å². The number of anilines is 1. The molecule has 1 aromatic heterocycles. The Morgan fingerprint density at radius 2 is 2.16 bits per heavy atom. The van der Waals surface area contributed by atoms with E-state index in [0.29, 0.717) is 9.74 Å². The predicted molar refractivity (Wildman–Crippen MR) is 88.1 cm³/mol. The summed E-state index contributed by atoms with van der Waals surface area (Å²) in [5, 5.41) is 3.47. The molecule has 0 aromatic carbocycles. The standard InChI is InChI=1S/C14H21N3S2/c1-10-7-11(13(15)18)8-12(17-10)16-9-14(19-2)5-3-4-6-14/h7-8H,3-6,9H2,1-2H3,(H2,15,18)(H,16,17). The SMILES string of the molecule is CSC1(CNc2cc(C(N)=S)cc(C)n2)CCCC1. The van der Waals surface area contributed by atoms with E-state index in [2.05, 4.69) is 16.6 Å². The molecule has 0 radical (unpaired) electrons. The van der Waals surface area contributed by atoms with Crippen molar-refractivity contribution in [2.75, 3.05) is 18.1 Å². The van der Waals surface area contributed by atoms with Gasteiger partial charge in [0.1, 0.15) is 10.8 Å². The van der Waals surface area contributed by atoms with Crippen LogP contribution in [0.2, 0.25) is 0 Å². The molecule has 0 unspecified atom stereocenters. The average Bonchev–Trinajstić information content (AvgIpc) is 2.85. The molecule has 0 atom stereocenters. The van der Waals surface area contributed by atoms with E-state index in [9.17, 15) is 0 Å². The van der Waals surface area contributed by atoms with Crippen molar-refractivity contribution in [1.29, 1.82) is 0 Å². The quantitative estimate of drug-likeness (QED) is 0.818. The van der Waals surface area contributed by atoms with Crippen molar-refractivity contribution >= 4 is 34.8 Å². The van der Waals surface area contributed by atoms with Crippen molar-refractivity contribution in [2.45, 2.75) is 37.4 Å². The van der Waals surface area contributed by atoms with Gasteiger partial charge in [-0.25, -0.2) is 4.98 Å². The van der Waals surface area contributed by atoms with Crippen molar-refractivity contribution < 1.29 is 0 Å². The summed E-state index contributed by atoms with van der Waals surface area (Å²) in [6.45, 7) is 2.92. The number of nitrogens with zero attached hydrogens (tertiary/aromatic N) is 1. The molecule has 1 aliphatic carbocycles. The van der Waals surface area contributed by atoms with E-state index >= 15 is 0 Å². The summed E-state index contributed by atoms with van der Waals surface area (Å²) in [5.74, 6) is 0.878. The molecule has 0 spiro atoms. The fourth-order valence-corrected chi connectivity index (χ4v) is 3.66. The molecule has 5 heteroatoms. The Labute approximate surface area is 124 Å². The third-order valence-electron chi connectivity index (χ3n) is 3.78. The van der Waals surface area contributed by atoms with Crippen molar-refractivity contribution in [1.82, 2.24) is 4.98 Å². The minimum absolute atomic E-state index is 0.370. The number of hydrogen-bond acceptors (Lipinski definition) is 4. The number of aromatic nitrogens is 1. The first-order valence-electron chi connectivity index (χ1n) is 6.62. The number of aryl methyl sites for hydroxylation is 1. The highest BCUT2D eigenvalue weighted by Crippen LogP contribution is 2.40. The van der Waals surface area contributed by atoms with Gasteiger partial charge in [-0.2, -0.15) is 11.8 Å². The number of thiocarbonyl (C=S) groups is 1. The first-order valence-corrected chi connectivity index (χ1v) is 8.25. The summed E-state index contributed by atoms with van der Waals surface area (Å²) in [5.41, 5.74) is 7.52. The van der Waals surface area contributed by atoms with Crippen LogP contribution in [0.1, 0.15) is 36.9 Å². The molecule has 1 fully saturated rings. The van der Waals surface area contributed by atoms with Crippen LogP contribution in [0.3, 0.4) is 0 Å². The highest BCUT2D eigenvalue weighted by Gasteiger charge is 2.32. The van der Waals surface area contributed by atoms with Gasteiger partial charge in [0.2, 0.25) is 0 Å². The van der Waals surface area contributed by atoms with E-state index in [1.807, 2.05) is 30.8 Å². The highest BCUT2D eigenvalue weighted by atomic mass is 32.2. The van der Waals surface area contributed by atoms with E-state index in [1.165, 1.54) is 25.7 Å². The molecular weight excluding hydrogens is 274 g/mol. The van der Waals surface area contributed by atoms with Gasteiger partial charge >= 0.3 is 0 Å². The summed E-state index contributed by atoms with van der Waals surface area (Å²) in [4.78, 5) is 4.93. The van der Waals surface area contributed by atoms with Gasteiger partial charge in [-0.1, -0.05) is 25.1 Å². The third-order valence-corrected chi connectivity index (χ3v) is 5.43. The number of nitrogens with one attached hydrogen (secondary N) is 1. The van der Waals surface area contributed by atoms with Crippen LogP contribution in [0.25, 0.3) is 0 Å². The third kappa shape index (κ3) is 3.60. The lowest BCUT2D eigenvalue weighted by Gasteiger charge is -2.27. The molecule has 0 bridgehead atoms. The number of pyridine rings is 1. The van der Waals surface area contributed by atoms with E-state index in [0.717, 1.165) is 23.6 Å². The highest BCUT2D eigenvalue weighted by molar-refractivity contribution is 8.00. The van der Waals surface area contributed by atoms with Crippen molar-refractivity contribution in [3.8, 4) is 0 Å². The Bertz CT molecular complexity index is 468. The van der Waals surface area contributed by atoms with E-state index < -0.39 is 0 Å². The molecule has 0 amide bonds. The van der Waals surface area contributed by atoms with Gasteiger partial charge in [0.15, 0.2) is 0 Å². The number of rotatable bonds is 5. The topological polar surface area (TPSA) is 50.9 Å². The maximum Gasteiger partial charge on any atom is 0.126 e. The van der Waals surface area contributed by atoms with Crippen LogP contribution in [0.4, 0.5) is 5.82 Å². The monoisotopic (exact) mass is 295 g/mol. The van der Waals surface area contributed by atoms with E-state index in [4.69, 9.17) is 18.0 Å². The largest absolute Gasteiger partial charge is 0.389 e. The van der Waals surface area contributed by atoms with Crippen LogP contribution in [0, 0.1) is 6.92 Å². The van der Waals surface area contributed by atoms with Crippen LogP contribution in [-0.4, -0.2) is 27.5 Å². The van der Waals surface area contributed by atoms with Gasteiger partial charge in [-0.05, 0) is 38.2 Å². The van der Waals surface area contributed by atoms with Crippen LogP contribution >= 0.6 is 24.0 Å². The molecular formula is C14H21N3S2. The molecule has 19 heavy (non-hydrogen) atoms. The van der Waals surface area contributed by atoms with Crippen molar-refractivity contribution in [3.63, 3.8) is 0 Å². The van der Waals surface area contributed by atoms with Crippen LogP contribution in [0.5, 0.6) is 0 Å². The van der Waals surface area contributed by atoms with Gasteiger partial charge < -0.3 is 11.1 Å². The summed E-state index contributed by atoms with van der Waals surface area (Å²) < 4.78 is 0.370. The smallest absolute Gasteiger partial charge is 0.126 e. The lowest BCUT2D eigenvalue weighted by molar-refractivity contribution is 0.638. The number of thioether (sulfide) groups is 1. The fraction of sp³-hybridized carbons (Fsp3) is 0.571. The predicted octanol–water partition coefficient (Wildman–Crippen LogP) is 3.11. The Morgan fingerprint density at radius 1 is 1.47 bits per heavy atom. The second-order valence-corrected chi connectivity index (χ2v) is 6.91. The molecule has 1 aliphatic rings. The zero-order chi connectivity index (χ0) is 13.9. The van der Waals surface area contributed by atoms with Crippen LogP contribution < -0.4 is 11.1 Å². The Kier molecular flexibility index (Phi) is 4.68. The summed E-state index contributed by atoms with van der Waals surface area (Å²) in [6, 6.07) is 3.87. The van der Waals surface area contributed by atoms with Gasteiger partial charge in [-0.15, -0.1) is 0 Å². The Hall–Kier alpha value is -0.810. The Balaban J connectivity index is 2.08. The lowest BCUT2D eigenvalue weighted by Crippen LogP contribution is -2.30. The Morgan fingerprint density at radius 3 is 2.74 bits per heavy atom. The van der Waals surface area contributed by atoms with Gasteiger partial charge in [-0.3, -0.25) is 0 Å². The maximum atomic E-state index is 5.69. The first kappa shape index (κ1) is 14.6.